The van der Waals surface area contributed by atoms with Crippen molar-refractivity contribution in [2.75, 3.05) is 26.4 Å². The zero-order valence-electron chi connectivity index (χ0n) is 15.5. The molecule has 0 spiro atoms. The van der Waals surface area contributed by atoms with Gasteiger partial charge < -0.3 is 24.1 Å². The predicted octanol–water partition coefficient (Wildman–Crippen LogP) is 2.22. The Balaban J connectivity index is 1.63. The third-order valence-electron chi connectivity index (χ3n) is 5.05. The average molecular weight is 372 g/mol. The van der Waals surface area contributed by atoms with Gasteiger partial charge in [0, 0.05) is 36.6 Å². The van der Waals surface area contributed by atoms with Gasteiger partial charge in [-0.3, -0.25) is 9.59 Å². The van der Waals surface area contributed by atoms with Crippen LogP contribution < -0.4 is 15.0 Å². The Morgan fingerprint density at radius 3 is 2.67 bits per heavy atom. The van der Waals surface area contributed by atoms with Crippen LogP contribution in [0.3, 0.4) is 0 Å². The lowest BCUT2D eigenvalue weighted by molar-refractivity contribution is -0.133. The molecule has 2 aromatic rings. The number of nitrogens with one attached hydrogen (secondary N) is 1. The number of hydrogen-bond donors (Lipinski definition) is 1. The number of pyridine rings is 1. The minimum Gasteiger partial charge on any atom is -0.486 e. The molecule has 0 saturated carbocycles. The van der Waals surface area contributed by atoms with Gasteiger partial charge in [0.05, 0.1) is 18.2 Å². The molecule has 0 radical (unpaired) electrons. The van der Waals surface area contributed by atoms with E-state index in [-0.39, 0.29) is 24.1 Å². The number of H-pyrrole nitrogens is 1. The summed E-state index contributed by atoms with van der Waals surface area (Å²) in [4.78, 5) is 29.6. The van der Waals surface area contributed by atoms with Crippen molar-refractivity contribution in [3.8, 4) is 11.5 Å². The van der Waals surface area contributed by atoms with Crippen molar-refractivity contribution in [2.24, 2.45) is 0 Å². The average Bonchev–Trinajstić information content (AvgIpc) is 3.19. The van der Waals surface area contributed by atoms with Gasteiger partial charge in [0.2, 0.25) is 5.91 Å². The molecule has 1 saturated heterocycles. The third-order valence-corrected chi connectivity index (χ3v) is 5.05. The number of carbonyl (C=O) groups excluding carboxylic acids is 1. The molecule has 3 heterocycles. The van der Waals surface area contributed by atoms with Crippen molar-refractivity contribution in [3.05, 3.63) is 34.1 Å². The minimum absolute atomic E-state index is 0.0205. The molecule has 1 N–H and O–H groups in total. The normalized spacial score (nSPS) is 18.6. The van der Waals surface area contributed by atoms with Gasteiger partial charge in [-0.25, -0.2) is 0 Å². The number of carbonyl (C=O) groups is 1. The van der Waals surface area contributed by atoms with E-state index < -0.39 is 0 Å². The summed E-state index contributed by atoms with van der Waals surface area (Å²) in [6.45, 7) is 4.37. The molecular weight excluding hydrogens is 348 g/mol. The summed E-state index contributed by atoms with van der Waals surface area (Å²) in [7, 11) is 0. The van der Waals surface area contributed by atoms with E-state index in [4.69, 9.17) is 14.2 Å². The fourth-order valence-corrected chi connectivity index (χ4v) is 3.62. The standard InChI is InChI=1S/C20H24N2O5/c1-2-19(23)22(12-15-4-3-5-25-15)11-14-8-13-9-17-18(27-7-6-26-17)10-16(13)21-20(14)24/h8-10,15H,2-7,11-12H2,1H3,(H,21,24)/t15-/m1/s1. The number of nitrogens with zero attached hydrogens (tertiary/aromatic N) is 1. The lowest BCUT2D eigenvalue weighted by Crippen LogP contribution is -2.37. The first-order valence-electron chi connectivity index (χ1n) is 9.49. The summed E-state index contributed by atoms with van der Waals surface area (Å²) in [5.41, 5.74) is 1.06. The maximum absolute atomic E-state index is 12.6. The van der Waals surface area contributed by atoms with Crippen molar-refractivity contribution in [1.29, 1.82) is 0 Å². The van der Waals surface area contributed by atoms with E-state index in [1.54, 1.807) is 11.0 Å². The zero-order chi connectivity index (χ0) is 18.8. The highest BCUT2D eigenvalue weighted by Crippen LogP contribution is 2.33. The van der Waals surface area contributed by atoms with Gasteiger partial charge in [-0.2, -0.15) is 0 Å². The van der Waals surface area contributed by atoms with E-state index in [2.05, 4.69) is 4.98 Å². The maximum Gasteiger partial charge on any atom is 0.253 e. The van der Waals surface area contributed by atoms with Crippen molar-refractivity contribution < 1.29 is 19.0 Å². The molecule has 0 aliphatic carbocycles. The number of aromatic amines is 1. The Morgan fingerprint density at radius 1 is 1.19 bits per heavy atom. The molecule has 144 valence electrons. The molecule has 1 aromatic carbocycles. The van der Waals surface area contributed by atoms with E-state index in [0.29, 0.717) is 48.8 Å². The summed E-state index contributed by atoms with van der Waals surface area (Å²) in [6, 6.07) is 5.49. The quantitative estimate of drug-likeness (QED) is 0.870. The Hall–Kier alpha value is -2.54. The topological polar surface area (TPSA) is 80.9 Å². The molecule has 2 aliphatic heterocycles. The number of ether oxygens (including phenoxy) is 3. The highest BCUT2D eigenvalue weighted by atomic mass is 16.6. The van der Waals surface area contributed by atoms with Crippen LogP contribution in [0.25, 0.3) is 10.9 Å². The van der Waals surface area contributed by atoms with Crippen LogP contribution in [0.15, 0.2) is 23.0 Å². The molecule has 2 aliphatic rings. The van der Waals surface area contributed by atoms with Crippen LogP contribution in [-0.2, 0) is 16.1 Å². The first kappa shape index (κ1) is 17.9. The van der Waals surface area contributed by atoms with Gasteiger partial charge in [0.15, 0.2) is 11.5 Å². The number of benzene rings is 1. The van der Waals surface area contributed by atoms with Crippen LogP contribution in [0, 0.1) is 0 Å². The first-order chi connectivity index (χ1) is 13.1. The Labute approximate surface area is 157 Å². The van der Waals surface area contributed by atoms with Crippen molar-refractivity contribution >= 4 is 16.8 Å². The molecular formula is C20H24N2O5. The Bertz CT molecular complexity index is 901. The summed E-state index contributed by atoms with van der Waals surface area (Å²) in [5, 5.41) is 0.856. The van der Waals surface area contributed by atoms with Gasteiger partial charge in [-0.15, -0.1) is 0 Å². The predicted molar refractivity (Wildman–Crippen MR) is 100 cm³/mol. The lowest BCUT2D eigenvalue weighted by atomic mass is 10.1. The number of aromatic nitrogens is 1. The van der Waals surface area contributed by atoms with E-state index >= 15 is 0 Å². The second-order valence-electron chi connectivity index (χ2n) is 6.97. The molecule has 0 bridgehead atoms. The van der Waals surface area contributed by atoms with Crippen molar-refractivity contribution in [3.63, 3.8) is 0 Å². The second-order valence-corrected chi connectivity index (χ2v) is 6.97. The molecule has 0 unspecified atom stereocenters. The summed E-state index contributed by atoms with van der Waals surface area (Å²) >= 11 is 0. The van der Waals surface area contributed by atoms with Gasteiger partial charge >= 0.3 is 0 Å². The highest BCUT2D eigenvalue weighted by Gasteiger charge is 2.23. The van der Waals surface area contributed by atoms with E-state index in [9.17, 15) is 9.59 Å². The van der Waals surface area contributed by atoms with Crippen LogP contribution in [0.4, 0.5) is 0 Å². The number of fused-ring (bicyclic) bond motifs is 2. The molecule has 7 nitrogen and oxygen atoms in total. The van der Waals surface area contributed by atoms with Crippen molar-refractivity contribution in [2.45, 2.75) is 38.8 Å². The highest BCUT2D eigenvalue weighted by molar-refractivity contribution is 5.83. The fraction of sp³-hybridized carbons (Fsp3) is 0.500. The fourth-order valence-electron chi connectivity index (χ4n) is 3.62. The number of rotatable bonds is 5. The van der Waals surface area contributed by atoms with Crippen LogP contribution in [0.5, 0.6) is 11.5 Å². The maximum atomic E-state index is 12.6. The SMILES string of the molecule is CCC(=O)N(Cc1cc2cc3c(cc2[nH]c1=O)OCCO3)C[C@H]1CCCO1. The van der Waals surface area contributed by atoms with Gasteiger partial charge in [0.25, 0.3) is 5.56 Å². The van der Waals surface area contributed by atoms with Crippen LogP contribution in [0.1, 0.15) is 31.7 Å². The largest absolute Gasteiger partial charge is 0.486 e. The van der Waals surface area contributed by atoms with Gasteiger partial charge in [0.1, 0.15) is 13.2 Å². The van der Waals surface area contributed by atoms with Crippen LogP contribution >= 0.6 is 0 Å². The minimum atomic E-state index is -0.194. The lowest BCUT2D eigenvalue weighted by Gasteiger charge is -2.25. The van der Waals surface area contributed by atoms with Gasteiger partial charge in [-0.1, -0.05) is 6.92 Å². The van der Waals surface area contributed by atoms with E-state index in [1.807, 2.05) is 19.1 Å². The monoisotopic (exact) mass is 372 g/mol. The summed E-state index contributed by atoms with van der Waals surface area (Å²) < 4.78 is 16.9. The molecule has 4 rings (SSSR count). The molecule has 1 atom stereocenters. The molecule has 27 heavy (non-hydrogen) atoms. The van der Waals surface area contributed by atoms with Crippen LogP contribution in [-0.4, -0.2) is 48.3 Å². The summed E-state index contributed by atoms with van der Waals surface area (Å²) in [6.07, 6.45) is 2.42. The molecule has 1 aromatic heterocycles. The van der Waals surface area contributed by atoms with Gasteiger partial charge in [-0.05, 0) is 25.0 Å². The second kappa shape index (κ2) is 7.60. The molecule has 7 heteroatoms. The first-order valence-corrected chi connectivity index (χ1v) is 9.49. The molecule has 1 amide bonds. The van der Waals surface area contributed by atoms with E-state index in [1.165, 1.54) is 0 Å². The number of hydrogen-bond acceptors (Lipinski definition) is 5. The molecule has 1 fully saturated rings. The zero-order valence-corrected chi connectivity index (χ0v) is 15.5. The van der Waals surface area contributed by atoms with E-state index in [0.717, 1.165) is 24.8 Å². The Kier molecular flexibility index (Phi) is 5.03. The van der Waals surface area contributed by atoms with Crippen LogP contribution in [0.2, 0.25) is 0 Å². The summed E-state index contributed by atoms with van der Waals surface area (Å²) in [5.74, 6) is 1.33. The number of amides is 1. The van der Waals surface area contributed by atoms with Crippen molar-refractivity contribution in [1.82, 2.24) is 9.88 Å². The third kappa shape index (κ3) is 3.78. The Morgan fingerprint density at radius 2 is 1.96 bits per heavy atom. The smallest absolute Gasteiger partial charge is 0.253 e.